The number of nitrogens with zero attached hydrogens (tertiary/aromatic N) is 4. The van der Waals surface area contributed by atoms with E-state index < -0.39 is 6.10 Å². The van der Waals surface area contributed by atoms with Gasteiger partial charge in [-0.2, -0.15) is 0 Å². The Kier molecular flexibility index (Phi) is 7.52. The number of β-amino-alcohol motifs (C(OH)–C–C–N with tert-alkyl or cyclic N) is 1. The van der Waals surface area contributed by atoms with Crippen molar-refractivity contribution in [3.8, 4) is 17.1 Å². The number of rotatable bonds is 9. The summed E-state index contributed by atoms with van der Waals surface area (Å²) in [7, 11) is 1.73. The second kappa shape index (κ2) is 10.5. The van der Waals surface area contributed by atoms with Crippen molar-refractivity contribution in [1.29, 1.82) is 0 Å². The summed E-state index contributed by atoms with van der Waals surface area (Å²) < 4.78 is 11.8. The number of imidazole rings is 1. The molecule has 0 amide bonds. The molecule has 1 atom stereocenters. The first-order valence-electron chi connectivity index (χ1n) is 10.5. The molecular formula is C22H28BrN5O3. The molecule has 1 fully saturated rings. The Hall–Kier alpha value is -2.04. The molecular weight excluding hydrogens is 462 g/mol. The highest BCUT2D eigenvalue weighted by molar-refractivity contribution is 9.10. The number of pyridine rings is 1. The number of ether oxygens (including phenoxy) is 2. The van der Waals surface area contributed by atoms with Gasteiger partial charge < -0.3 is 19.6 Å². The Morgan fingerprint density at radius 3 is 2.65 bits per heavy atom. The monoisotopic (exact) mass is 489 g/mol. The quantitative estimate of drug-likeness (QED) is 0.477. The second-order valence-electron chi connectivity index (χ2n) is 7.73. The summed E-state index contributed by atoms with van der Waals surface area (Å²) in [6.45, 7) is 6.55. The highest BCUT2D eigenvalue weighted by atomic mass is 79.9. The van der Waals surface area contributed by atoms with E-state index in [0.29, 0.717) is 12.2 Å². The lowest BCUT2D eigenvalue weighted by atomic mass is 10.2. The fraction of sp³-hybridized carbons (Fsp3) is 0.455. The van der Waals surface area contributed by atoms with Crippen molar-refractivity contribution in [3.63, 3.8) is 0 Å². The van der Waals surface area contributed by atoms with Crippen LogP contribution in [-0.4, -0.2) is 95.6 Å². The Morgan fingerprint density at radius 1 is 1.16 bits per heavy atom. The van der Waals surface area contributed by atoms with Crippen molar-refractivity contribution in [2.75, 3.05) is 59.6 Å². The first-order chi connectivity index (χ1) is 15.1. The molecule has 31 heavy (non-hydrogen) atoms. The number of methoxy groups -OCH3 is 1. The topological polar surface area (TPSA) is 86.7 Å². The zero-order valence-corrected chi connectivity index (χ0v) is 19.2. The summed E-state index contributed by atoms with van der Waals surface area (Å²) >= 11 is 3.42. The zero-order chi connectivity index (χ0) is 21.6. The average molecular weight is 490 g/mol. The molecule has 1 aromatic carbocycles. The lowest BCUT2D eigenvalue weighted by Gasteiger charge is -2.35. The van der Waals surface area contributed by atoms with Gasteiger partial charge >= 0.3 is 0 Å². The highest BCUT2D eigenvalue weighted by Gasteiger charge is 2.19. The predicted molar refractivity (Wildman–Crippen MR) is 123 cm³/mol. The molecule has 3 aromatic rings. The highest BCUT2D eigenvalue weighted by Crippen LogP contribution is 2.23. The van der Waals surface area contributed by atoms with Crippen molar-refractivity contribution in [2.45, 2.75) is 6.10 Å². The third kappa shape index (κ3) is 6.02. The molecule has 166 valence electrons. The minimum atomic E-state index is -0.523. The van der Waals surface area contributed by atoms with E-state index >= 15 is 0 Å². The lowest BCUT2D eigenvalue weighted by Crippen LogP contribution is -2.49. The summed E-state index contributed by atoms with van der Waals surface area (Å²) in [4.78, 5) is 16.8. The molecule has 3 heterocycles. The van der Waals surface area contributed by atoms with E-state index in [2.05, 4.69) is 40.7 Å². The summed E-state index contributed by atoms with van der Waals surface area (Å²) in [5, 5.41) is 10.4. The van der Waals surface area contributed by atoms with Crippen LogP contribution < -0.4 is 4.74 Å². The van der Waals surface area contributed by atoms with E-state index in [9.17, 15) is 5.11 Å². The maximum atomic E-state index is 10.4. The van der Waals surface area contributed by atoms with E-state index in [-0.39, 0.29) is 6.61 Å². The summed E-state index contributed by atoms with van der Waals surface area (Å²) in [6.07, 6.45) is 1.21. The normalized spacial score (nSPS) is 16.6. The summed E-state index contributed by atoms with van der Waals surface area (Å²) in [5.41, 5.74) is 2.52. The molecule has 8 nitrogen and oxygen atoms in total. The molecule has 0 aliphatic carbocycles. The van der Waals surface area contributed by atoms with Crippen LogP contribution >= 0.6 is 15.9 Å². The molecule has 0 bridgehead atoms. The van der Waals surface area contributed by atoms with Crippen LogP contribution in [0.4, 0.5) is 0 Å². The van der Waals surface area contributed by atoms with Gasteiger partial charge in [0.1, 0.15) is 24.3 Å². The number of benzene rings is 1. The number of piperazine rings is 1. The SMILES string of the molecule is COCCN1CCN(CC(O)COc2ccc(-c3nc4ncc(Br)cc4[nH]3)cc2)CC1. The number of hydrogen-bond donors (Lipinski definition) is 2. The van der Waals surface area contributed by atoms with Crippen LogP contribution in [0.2, 0.25) is 0 Å². The largest absolute Gasteiger partial charge is 0.491 e. The molecule has 4 rings (SSSR count). The maximum absolute atomic E-state index is 10.4. The first kappa shape index (κ1) is 22.2. The van der Waals surface area contributed by atoms with E-state index in [1.165, 1.54) is 0 Å². The van der Waals surface area contributed by atoms with Crippen LogP contribution in [0.5, 0.6) is 5.75 Å². The Balaban J connectivity index is 1.24. The zero-order valence-electron chi connectivity index (χ0n) is 17.6. The molecule has 1 unspecified atom stereocenters. The molecule has 1 aliphatic rings. The summed E-state index contributed by atoms with van der Waals surface area (Å²) in [5.74, 6) is 1.49. The molecule has 0 saturated carbocycles. The number of halogens is 1. The van der Waals surface area contributed by atoms with Crippen molar-refractivity contribution < 1.29 is 14.6 Å². The van der Waals surface area contributed by atoms with Crippen molar-refractivity contribution >= 4 is 27.1 Å². The fourth-order valence-corrected chi connectivity index (χ4v) is 4.01. The van der Waals surface area contributed by atoms with Gasteiger partial charge in [0.25, 0.3) is 0 Å². The average Bonchev–Trinajstić information content (AvgIpc) is 3.21. The first-order valence-corrected chi connectivity index (χ1v) is 11.3. The number of aliphatic hydroxyl groups excluding tert-OH is 1. The Labute approximate surface area is 190 Å². The number of aromatic amines is 1. The van der Waals surface area contributed by atoms with Gasteiger partial charge in [-0.05, 0) is 46.3 Å². The molecule has 2 aromatic heterocycles. The number of nitrogens with one attached hydrogen (secondary N) is 1. The minimum Gasteiger partial charge on any atom is -0.491 e. The number of hydrogen-bond acceptors (Lipinski definition) is 7. The van der Waals surface area contributed by atoms with Gasteiger partial charge in [0.05, 0.1) is 12.1 Å². The molecule has 2 N–H and O–H groups in total. The Morgan fingerprint density at radius 2 is 1.90 bits per heavy atom. The number of aromatic nitrogens is 3. The van der Waals surface area contributed by atoms with Gasteiger partial charge in [-0.15, -0.1) is 0 Å². The van der Waals surface area contributed by atoms with Gasteiger partial charge in [-0.25, -0.2) is 9.97 Å². The molecule has 9 heteroatoms. The third-order valence-electron chi connectivity index (χ3n) is 5.42. The predicted octanol–water partition coefficient (Wildman–Crippen LogP) is 2.39. The van der Waals surface area contributed by atoms with Crippen molar-refractivity contribution in [3.05, 3.63) is 41.0 Å². The number of fused-ring (bicyclic) bond motifs is 1. The van der Waals surface area contributed by atoms with Crippen LogP contribution in [0.25, 0.3) is 22.6 Å². The molecule has 1 saturated heterocycles. The van der Waals surface area contributed by atoms with E-state index in [0.717, 1.165) is 66.5 Å². The number of aliphatic hydroxyl groups is 1. The van der Waals surface area contributed by atoms with Crippen LogP contribution in [0.3, 0.4) is 0 Å². The van der Waals surface area contributed by atoms with E-state index in [4.69, 9.17) is 9.47 Å². The van der Waals surface area contributed by atoms with E-state index in [1.54, 1.807) is 13.3 Å². The van der Waals surface area contributed by atoms with Crippen LogP contribution in [0.15, 0.2) is 41.0 Å². The van der Waals surface area contributed by atoms with Gasteiger partial charge in [-0.1, -0.05) is 0 Å². The van der Waals surface area contributed by atoms with E-state index in [1.807, 2.05) is 30.3 Å². The molecule has 0 spiro atoms. The summed E-state index contributed by atoms with van der Waals surface area (Å²) in [6, 6.07) is 9.65. The molecule has 0 radical (unpaired) electrons. The van der Waals surface area contributed by atoms with Crippen LogP contribution in [0, 0.1) is 0 Å². The minimum absolute atomic E-state index is 0.270. The van der Waals surface area contributed by atoms with Gasteiger partial charge in [-0.3, -0.25) is 9.80 Å². The van der Waals surface area contributed by atoms with Crippen LogP contribution in [0.1, 0.15) is 0 Å². The van der Waals surface area contributed by atoms with Gasteiger partial charge in [0.15, 0.2) is 5.65 Å². The van der Waals surface area contributed by atoms with Crippen molar-refractivity contribution in [1.82, 2.24) is 24.8 Å². The van der Waals surface area contributed by atoms with Gasteiger partial charge in [0.2, 0.25) is 0 Å². The molecule has 1 aliphatic heterocycles. The second-order valence-corrected chi connectivity index (χ2v) is 8.65. The number of H-pyrrole nitrogens is 1. The Bertz CT molecular complexity index is 973. The van der Waals surface area contributed by atoms with Crippen molar-refractivity contribution in [2.24, 2.45) is 0 Å². The third-order valence-corrected chi connectivity index (χ3v) is 5.85. The maximum Gasteiger partial charge on any atom is 0.178 e. The van der Waals surface area contributed by atoms with Crippen LogP contribution in [-0.2, 0) is 4.74 Å². The standard InChI is InChI=1S/C22H28BrN5O3/c1-30-11-10-27-6-8-28(9-7-27)14-18(29)15-31-19-4-2-16(3-5-19)21-25-20-12-17(23)13-24-22(20)26-21/h2-5,12-13,18,29H,6-11,14-15H2,1H3,(H,24,25,26). The smallest absolute Gasteiger partial charge is 0.178 e. The lowest BCUT2D eigenvalue weighted by molar-refractivity contribution is 0.0405. The fourth-order valence-electron chi connectivity index (χ4n) is 3.68. The van der Waals surface area contributed by atoms with Gasteiger partial charge in [0, 0.05) is 62.6 Å².